The largest absolute Gasteiger partial charge is 0.354 e. The first-order valence-corrected chi connectivity index (χ1v) is 7.48. The monoisotopic (exact) mass is 334 g/mol. The van der Waals surface area contributed by atoms with E-state index in [0.29, 0.717) is 16.1 Å². The number of carbonyl (C=O) groups is 2. The molecule has 0 saturated heterocycles. The van der Waals surface area contributed by atoms with Crippen LogP contribution in [0, 0.1) is 5.82 Å². The summed E-state index contributed by atoms with van der Waals surface area (Å²) in [5, 5.41) is 5.65. The Morgan fingerprint density at radius 1 is 0.957 bits per heavy atom. The molecule has 0 fully saturated rings. The molecule has 2 amide bonds. The molecule has 2 rings (SSSR count). The molecule has 0 aliphatic heterocycles. The summed E-state index contributed by atoms with van der Waals surface area (Å²) in [6.45, 7) is 0.510. The smallest absolute Gasteiger partial charge is 0.252 e. The predicted octanol–water partition coefficient (Wildman–Crippen LogP) is 2.57. The fourth-order valence-electron chi connectivity index (χ4n) is 2.00. The summed E-state index contributed by atoms with van der Waals surface area (Å²) in [5.41, 5.74) is 0.719. The molecule has 0 unspecified atom stereocenters. The summed E-state index contributed by atoms with van der Waals surface area (Å²) < 4.78 is 13.4. The Bertz CT molecular complexity index is 706. The molecule has 2 aromatic rings. The molecule has 0 aliphatic rings. The lowest BCUT2D eigenvalue weighted by Crippen LogP contribution is -2.35. The molecule has 0 aromatic heterocycles. The van der Waals surface area contributed by atoms with Gasteiger partial charge in [0.1, 0.15) is 5.82 Å². The van der Waals surface area contributed by atoms with Crippen LogP contribution in [0.4, 0.5) is 4.39 Å². The van der Waals surface area contributed by atoms with Crippen LogP contribution in [0.2, 0.25) is 5.02 Å². The van der Waals surface area contributed by atoms with Gasteiger partial charge in [-0.05, 0) is 23.8 Å². The Hall–Kier alpha value is -2.40. The molecule has 0 aliphatic carbocycles. The Labute approximate surface area is 138 Å². The number of hydrogen-bond donors (Lipinski definition) is 2. The van der Waals surface area contributed by atoms with Crippen molar-refractivity contribution >= 4 is 23.4 Å². The number of halogens is 2. The third kappa shape index (κ3) is 5.07. The van der Waals surface area contributed by atoms with E-state index in [1.165, 1.54) is 6.07 Å². The van der Waals surface area contributed by atoms with Crippen molar-refractivity contribution in [1.29, 1.82) is 0 Å². The third-order valence-electron chi connectivity index (χ3n) is 3.16. The molecular weight excluding hydrogens is 319 g/mol. The number of hydrogen-bond acceptors (Lipinski definition) is 2. The minimum absolute atomic E-state index is 0.0366. The zero-order valence-corrected chi connectivity index (χ0v) is 13.1. The van der Waals surface area contributed by atoms with Gasteiger partial charge in [0.2, 0.25) is 5.91 Å². The molecule has 0 saturated carbocycles. The van der Waals surface area contributed by atoms with Crippen LogP contribution in [0.25, 0.3) is 0 Å². The molecule has 0 bridgehead atoms. The zero-order chi connectivity index (χ0) is 16.7. The maximum absolute atomic E-state index is 13.4. The number of carbonyl (C=O) groups excluding carboxylic acids is 2. The standard InChI is InChI=1S/C17H16ClFN2O2/c18-14-7-3-2-6-13(14)17(23)21-10-9-20-16(22)11-12-5-1-4-8-15(12)19/h1-8H,9-11H2,(H,20,22)(H,21,23). The SMILES string of the molecule is O=C(Cc1ccccc1F)NCCNC(=O)c1ccccc1Cl. The van der Waals surface area contributed by atoms with Gasteiger partial charge in [-0.25, -0.2) is 4.39 Å². The van der Waals surface area contributed by atoms with Gasteiger partial charge < -0.3 is 10.6 Å². The van der Waals surface area contributed by atoms with Gasteiger partial charge in [-0.3, -0.25) is 9.59 Å². The summed E-state index contributed by atoms with van der Waals surface area (Å²) in [7, 11) is 0. The highest BCUT2D eigenvalue weighted by atomic mass is 35.5. The molecule has 0 spiro atoms. The first-order chi connectivity index (χ1) is 11.1. The Morgan fingerprint density at radius 3 is 2.35 bits per heavy atom. The van der Waals surface area contributed by atoms with Crippen molar-refractivity contribution in [2.45, 2.75) is 6.42 Å². The van der Waals surface area contributed by atoms with Gasteiger partial charge in [0.05, 0.1) is 17.0 Å². The van der Waals surface area contributed by atoms with Crippen LogP contribution < -0.4 is 10.6 Å². The summed E-state index contributed by atoms with van der Waals surface area (Å²) in [6.07, 6.45) is -0.0366. The lowest BCUT2D eigenvalue weighted by Gasteiger charge is -2.08. The van der Waals surface area contributed by atoms with Crippen LogP contribution >= 0.6 is 11.6 Å². The van der Waals surface area contributed by atoms with Crippen LogP contribution in [0.5, 0.6) is 0 Å². The third-order valence-corrected chi connectivity index (χ3v) is 3.49. The second-order valence-electron chi connectivity index (χ2n) is 4.85. The van der Waals surface area contributed by atoms with E-state index >= 15 is 0 Å². The molecule has 0 radical (unpaired) electrons. The highest BCUT2D eigenvalue weighted by Gasteiger charge is 2.09. The van der Waals surface area contributed by atoms with Crippen molar-refractivity contribution in [1.82, 2.24) is 10.6 Å². The average molecular weight is 335 g/mol. The summed E-state index contributed by atoms with van der Waals surface area (Å²) in [5.74, 6) is -1.02. The fraction of sp³-hybridized carbons (Fsp3) is 0.176. The molecule has 4 nitrogen and oxygen atoms in total. The fourth-order valence-corrected chi connectivity index (χ4v) is 2.22. The van der Waals surface area contributed by atoms with Crippen LogP contribution in [-0.4, -0.2) is 24.9 Å². The summed E-state index contributed by atoms with van der Waals surface area (Å²) in [4.78, 5) is 23.6. The highest BCUT2D eigenvalue weighted by Crippen LogP contribution is 2.14. The Morgan fingerprint density at radius 2 is 1.61 bits per heavy atom. The maximum atomic E-state index is 13.4. The topological polar surface area (TPSA) is 58.2 Å². The van der Waals surface area contributed by atoms with Gasteiger partial charge in [-0.2, -0.15) is 0 Å². The molecule has 120 valence electrons. The quantitative estimate of drug-likeness (QED) is 0.798. The molecule has 2 aromatic carbocycles. The number of amides is 2. The second kappa shape index (κ2) is 8.29. The van der Waals surface area contributed by atoms with E-state index in [0.717, 1.165) is 0 Å². The van der Waals surface area contributed by atoms with Crippen molar-refractivity contribution < 1.29 is 14.0 Å². The van der Waals surface area contributed by atoms with Crippen LogP contribution in [0.15, 0.2) is 48.5 Å². The first kappa shape index (κ1) is 17.0. The Kier molecular flexibility index (Phi) is 6.11. The molecule has 0 atom stereocenters. The van der Waals surface area contributed by atoms with E-state index in [4.69, 9.17) is 11.6 Å². The van der Waals surface area contributed by atoms with Crippen molar-refractivity contribution in [2.75, 3.05) is 13.1 Å². The van der Waals surface area contributed by atoms with Crippen molar-refractivity contribution in [2.24, 2.45) is 0 Å². The van der Waals surface area contributed by atoms with E-state index < -0.39 is 5.82 Å². The second-order valence-corrected chi connectivity index (χ2v) is 5.26. The van der Waals surface area contributed by atoms with Gasteiger partial charge >= 0.3 is 0 Å². The van der Waals surface area contributed by atoms with Crippen LogP contribution in [0.3, 0.4) is 0 Å². The molecule has 0 heterocycles. The highest BCUT2D eigenvalue weighted by molar-refractivity contribution is 6.33. The van der Waals surface area contributed by atoms with Crippen LogP contribution in [-0.2, 0) is 11.2 Å². The molecule has 23 heavy (non-hydrogen) atoms. The summed E-state index contributed by atoms with van der Waals surface area (Å²) in [6, 6.07) is 12.8. The number of nitrogens with one attached hydrogen (secondary N) is 2. The van der Waals surface area contributed by atoms with Gasteiger partial charge in [-0.1, -0.05) is 41.9 Å². The van der Waals surface area contributed by atoms with E-state index in [1.54, 1.807) is 42.5 Å². The average Bonchev–Trinajstić information content (AvgIpc) is 2.54. The van der Waals surface area contributed by atoms with Gasteiger partial charge in [-0.15, -0.1) is 0 Å². The lowest BCUT2D eigenvalue weighted by molar-refractivity contribution is -0.120. The zero-order valence-electron chi connectivity index (χ0n) is 12.3. The van der Waals surface area contributed by atoms with Gasteiger partial charge in [0.25, 0.3) is 5.91 Å². The molecule has 6 heteroatoms. The minimum Gasteiger partial charge on any atom is -0.354 e. The lowest BCUT2D eigenvalue weighted by atomic mass is 10.1. The van der Waals surface area contributed by atoms with Gasteiger partial charge in [0, 0.05) is 13.1 Å². The van der Waals surface area contributed by atoms with Crippen molar-refractivity contribution in [3.8, 4) is 0 Å². The number of benzene rings is 2. The maximum Gasteiger partial charge on any atom is 0.252 e. The minimum atomic E-state index is -0.408. The van der Waals surface area contributed by atoms with Gasteiger partial charge in [0.15, 0.2) is 0 Å². The molecular formula is C17H16ClFN2O2. The van der Waals surface area contributed by atoms with E-state index in [-0.39, 0.29) is 31.3 Å². The Balaban J connectivity index is 1.73. The number of rotatable bonds is 6. The van der Waals surface area contributed by atoms with E-state index in [9.17, 15) is 14.0 Å². The van der Waals surface area contributed by atoms with E-state index in [2.05, 4.69) is 10.6 Å². The van der Waals surface area contributed by atoms with Crippen molar-refractivity contribution in [3.63, 3.8) is 0 Å². The molecule has 2 N–H and O–H groups in total. The van der Waals surface area contributed by atoms with Crippen molar-refractivity contribution in [3.05, 3.63) is 70.5 Å². The first-order valence-electron chi connectivity index (χ1n) is 7.11. The van der Waals surface area contributed by atoms with Crippen LogP contribution in [0.1, 0.15) is 15.9 Å². The predicted molar refractivity (Wildman–Crippen MR) is 86.9 cm³/mol. The van der Waals surface area contributed by atoms with E-state index in [1.807, 2.05) is 0 Å². The normalized spacial score (nSPS) is 10.2. The summed E-state index contributed by atoms with van der Waals surface area (Å²) >= 11 is 5.92.